The van der Waals surface area contributed by atoms with Gasteiger partial charge in [0.2, 0.25) is 5.85 Å². The van der Waals surface area contributed by atoms with Crippen LogP contribution in [0.5, 0.6) is 0 Å². The van der Waals surface area contributed by atoms with Gasteiger partial charge in [-0.1, -0.05) is 11.2 Å². The lowest BCUT2D eigenvalue weighted by Gasteiger charge is -2.08. The molecule has 76 valence electrons. The fourth-order valence-electron chi connectivity index (χ4n) is 1.13. The Morgan fingerprint density at radius 2 is 2.43 bits per heavy atom. The first-order valence-electron chi connectivity index (χ1n) is 3.89. The number of oxime groups is 1. The van der Waals surface area contributed by atoms with Crippen LogP contribution in [-0.2, 0) is 9.40 Å². The van der Waals surface area contributed by atoms with E-state index in [-0.39, 0.29) is 6.42 Å². The van der Waals surface area contributed by atoms with Gasteiger partial charge in [-0.3, -0.25) is 4.57 Å². The van der Waals surface area contributed by atoms with Crippen LogP contribution in [0.2, 0.25) is 0 Å². The second-order valence-electron chi connectivity index (χ2n) is 2.87. The van der Waals surface area contributed by atoms with Crippen LogP contribution in [0.25, 0.3) is 0 Å². The van der Waals surface area contributed by atoms with Gasteiger partial charge in [-0.2, -0.15) is 0 Å². The first-order valence-corrected chi connectivity index (χ1v) is 6.45. The van der Waals surface area contributed by atoms with E-state index in [4.69, 9.17) is 9.79 Å². The zero-order valence-electron chi connectivity index (χ0n) is 7.03. The SMILES string of the molecule is O=P(O)(O)C1CC(c2cccs2)=NO1. The molecule has 1 aliphatic heterocycles. The highest BCUT2D eigenvalue weighted by atomic mass is 32.1. The van der Waals surface area contributed by atoms with Gasteiger partial charge in [0.15, 0.2) is 0 Å². The van der Waals surface area contributed by atoms with E-state index in [1.165, 1.54) is 11.3 Å². The smallest absolute Gasteiger partial charge is 0.368 e. The van der Waals surface area contributed by atoms with Crippen LogP contribution in [0, 0.1) is 0 Å². The summed E-state index contributed by atoms with van der Waals surface area (Å²) in [5, 5.41) is 5.54. The van der Waals surface area contributed by atoms with Crippen LogP contribution in [0.4, 0.5) is 0 Å². The van der Waals surface area contributed by atoms with E-state index >= 15 is 0 Å². The Bertz CT molecular complexity index is 396. The molecule has 2 N–H and O–H groups in total. The highest BCUT2D eigenvalue weighted by Gasteiger charge is 2.37. The second-order valence-corrected chi connectivity index (χ2v) is 5.57. The molecule has 0 saturated heterocycles. The zero-order valence-corrected chi connectivity index (χ0v) is 8.74. The van der Waals surface area contributed by atoms with E-state index < -0.39 is 13.4 Å². The molecular formula is C7H8NO4PS. The van der Waals surface area contributed by atoms with Gasteiger partial charge >= 0.3 is 7.60 Å². The molecule has 2 heterocycles. The molecule has 0 aliphatic carbocycles. The predicted octanol–water partition coefficient (Wildman–Crippen LogP) is 1.38. The van der Waals surface area contributed by atoms with E-state index in [0.29, 0.717) is 5.71 Å². The van der Waals surface area contributed by atoms with Gasteiger partial charge < -0.3 is 14.6 Å². The maximum absolute atomic E-state index is 10.8. The average molecular weight is 233 g/mol. The molecule has 7 heteroatoms. The Morgan fingerprint density at radius 1 is 1.64 bits per heavy atom. The lowest BCUT2D eigenvalue weighted by atomic mass is 10.2. The molecule has 14 heavy (non-hydrogen) atoms. The van der Waals surface area contributed by atoms with Gasteiger partial charge in [-0.25, -0.2) is 0 Å². The molecule has 0 bridgehead atoms. The number of rotatable bonds is 2. The van der Waals surface area contributed by atoms with Gasteiger partial charge in [0, 0.05) is 6.42 Å². The van der Waals surface area contributed by atoms with Crippen molar-refractivity contribution in [1.29, 1.82) is 0 Å². The van der Waals surface area contributed by atoms with Crippen LogP contribution < -0.4 is 0 Å². The normalized spacial score (nSPS) is 21.9. The van der Waals surface area contributed by atoms with Crippen LogP contribution >= 0.6 is 18.9 Å². The largest absolute Gasteiger partial charge is 0.379 e. The fraction of sp³-hybridized carbons (Fsp3) is 0.286. The summed E-state index contributed by atoms with van der Waals surface area (Å²) in [5.74, 6) is -1.11. The quantitative estimate of drug-likeness (QED) is 0.756. The summed E-state index contributed by atoms with van der Waals surface area (Å²) >= 11 is 1.47. The summed E-state index contributed by atoms with van der Waals surface area (Å²) in [6.45, 7) is 0. The van der Waals surface area contributed by atoms with Crippen molar-refractivity contribution >= 4 is 24.6 Å². The predicted molar refractivity (Wildman–Crippen MR) is 52.4 cm³/mol. The minimum absolute atomic E-state index is 0.171. The topological polar surface area (TPSA) is 79.1 Å². The van der Waals surface area contributed by atoms with Crippen LogP contribution in [-0.4, -0.2) is 21.3 Å². The van der Waals surface area contributed by atoms with Crippen LogP contribution in [0.15, 0.2) is 22.7 Å². The lowest BCUT2D eigenvalue weighted by molar-refractivity contribution is 0.117. The second kappa shape index (κ2) is 3.47. The molecule has 1 unspecified atom stereocenters. The van der Waals surface area contributed by atoms with Gasteiger partial charge in [0.1, 0.15) is 5.71 Å². The molecule has 0 spiro atoms. The van der Waals surface area contributed by atoms with E-state index in [2.05, 4.69) is 9.99 Å². The zero-order chi connectivity index (χ0) is 10.2. The molecule has 0 aromatic carbocycles. The summed E-state index contributed by atoms with van der Waals surface area (Å²) in [7, 11) is -4.18. The Balaban J connectivity index is 2.12. The van der Waals surface area contributed by atoms with Crippen LogP contribution in [0.3, 0.4) is 0 Å². The monoisotopic (exact) mass is 233 g/mol. The summed E-state index contributed by atoms with van der Waals surface area (Å²) in [4.78, 5) is 23.3. The van der Waals surface area contributed by atoms with Crippen molar-refractivity contribution in [2.75, 3.05) is 0 Å². The van der Waals surface area contributed by atoms with Crippen molar-refractivity contribution in [1.82, 2.24) is 0 Å². The van der Waals surface area contributed by atoms with Crippen LogP contribution in [0.1, 0.15) is 11.3 Å². The highest BCUT2D eigenvalue weighted by Crippen LogP contribution is 2.46. The summed E-state index contributed by atoms with van der Waals surface area (Å²) < 4.78 is 10.8. The molecular weight excluding hydrogens is 225 g/mol. The third-order valence-electron chi connectivity index (χ3n) is 1.83. The molecule has 1 aliphatic rings. The molecule has 0 saturated carbocycles. The van der Waals surface area contributed by atoms with Crippen molar-refractivity contribution in [3.63, 3.8) is 0 Å². The van der Waals surface area contributed by atoms with E-state index in [9.17, 15) is 4.57 Å². The standard InChI is InChI=1S/C7H8NO4PS/c9-13(10,11)7-4-5(8-12-7)6-2-1-3-14-6/h1-3,7H,4H2,(H2,9,10,11). The lowest BCUT2D eigenvalue weighted by Crippen LogP contribution is -2.07. The van der Waals surface area contributed by atoms with E-state index in [1.54, 1.807) is 0 Å². The molecule has 1 aromatic heterocycles. The molecule has 5 nitrogen and oxygen atoms in total. The molecule has 0 radical (unpaired) electrons. The van der Waals surface area contributed by atoms with Gasteiger partial charge in [0.25, 0.3) is 0 Å². The molecule has 2 rings (SSSR count). The fourth-order valence-corrected chi connectivity index (χ4v) is 2.43. The minimum Gasteiger partial charge on any atom is -0.379 e. The summed E-state index contributed by atoms with van der Waals surface area (Å²) in [5.41, 5.74) is 0.605. The first kappa shape index (κ1) is 9.86. The first-order chi connectivity index (χ1) is 6.57. The molecule has 0 amide bonds. The number of nitrogens with zero attached hydrogens (tertiary/aromatic N) is 1. The Hall–Kier alpha value is -0.680. The average Bonchev–Trinajstić information content (AvgIpc) is 2.73. The number of thiophene rings is 1. The van der Waals surface area contributed by atoms with E-state index in [1.807, 2.05) is 17.5 Å². The highest BCUT2D eigenvalue weighted by molar-refractivity contribution is 7.52. The maximum atomic E-state index is 10.8. The van der Waals surface area contributed by atoms with Crippen molar-refractivity contribution in [2.45, 2.75) is 12.3 Å². The summed E-state index contributed by atoms with van der Waals surface area (Å²) in [6.07, 6.45) is 0.171. The minimum atomic E-state index is -4.18. The van der Waals surface area contributed by atoms with Gasteiger partial charge in [-0.05, 0) is 11.4 Å². The Labute approximate surface area is 84.2 Å². The third kappa shape index (κ3) is 1.88. The van der Waals surface area contributed by atoms with Crippen molar-refractivity contribution in [2.24, 2.45) is 5.16 Å². The Morgan fingerprint density at radius 3 is 2.93 bits per heavy atom. The maximum Gasteiger partial charge on any atom is 0.368 e. The van der Waals surface area contributed by atoms with Gasteiger partial charge in [0.05, 0.1) is 4.88 Å². The van der Waals surface area contributed by atoms with Crippen molar-refractivity contribution in [3.05, 3.63) is 22.4 Å². The van der Waals surface area contributed by atoms with Gasteiger partial charge in [-0.15, -0.1) is 11.3 Å². The third-order valence-corrected chi connectivity index (χ3v) is 3.78. The van der Waals surface area contributed by atoms with E-state index in [0.717, 1.165) is 4.88 Å². The number of hydrogen-bond acceptors (Lipinski definition) is 4. The number of hydrogen-bond donors (Lipinski definition) is 2. The molecule has 1 aromatic rings. The molecule has 0 fully saturated rings. The summed E-state index contributed by atoms with van der Waals surface area (Å²) in [6, 6.07) is 3.70. The Kier molecular flexibility index (Phi) is 2.45. The van der Waals surface area contributed by atoms with Crippen molar-refractivity contribution in [3.8, 4) is 0 Å². The molecule has 1 atom stereocenters. The van der Waals surface area contributed by atoms with Crippen molar-refractivity contribution < 1.29 is 19.2 Å².